The largest absolute Gasteiger partial charge is 0.299 e. The highest BCUT2D eigenvalue weighted by atomic mass is 35.5. The monoisotopic (exact) mass is 327 g/mol. The molecule has 3 aliphatic rings. The van der Waals surface area contributed by atoms with E-state index in [4.69, 9.17) is 28.0 Å². The molecule has 1 aliphatic heterocycles. The van der Waals surface area contributed by atoms with Gasteiger partial charge >= 0.3 is 0 Å². The molecule has 0 spiro atoms. The van der Waals surface area contributed by atoms with Gasteiger partial charge in [-0.15, -0.1) is 23.2 Å². The van der Waals surface area contributed by atoms with Crippen molar-refractivity contribution in [1.82, 2.24) is 4.47 Å². The average molecular weight is 328 g/mol. The van der Waals surface area contributed by atoms with E-state index in [1.54, 1.807) is 0 Å². The molecular formula is C11H15Cl2NO4S. The lowest BCUT2D eigenvalue weighted by Crippen LogP contribution is -2.47. The van der Waals surface area contributed by atoms with Crippen LogP contribution >= 0.6 is 23.2 Å². The second kappa shape index (κ2) is 4.07. The average Bonchev–Trinajstić information content (AvgIpc) is 3.09. The third-order valence-corrected chi connectivity index (χ3v) is 7.79. The summed E-state index contributed by atoms with van der Waals surface area (Å²) in [5, 5.41) is 0. The van der Waals surface area contributed by atoms with Crippen molar-refractivity contribution >= 4 is 39.0 Å². The Bertz CT molecular complexity index is 533. The van der Waals surface area contributed by atoms with Crippen LogP contribution in [0.15, 0.2) is 0 Å². The van der Waals surface area contributed by atoms with Gasteiger partial charge in [-0.3, -0.25) is 9.63 Å². The predicted molar refractivity (Wildman–Crippen MR) is 70.0 cm³/mol. The van der Waals surface area contributed by atoms with E-state index < -0.39 is 25.7 Å². The number of halogens is 2. The Morgan fingerprint density at radius 2 is 2.16 bits per heavy atom. The smallest absolute Gasteiger partial charge is 0.239 e. The fourth-order valence-corrected chi connectivity index (χ4v) is 6.34. The SMILES string of the molecule is C[C@@]1(C(Cl)Cl)[C@H]2CC[C@@]1(CS(=O)(=O)N1CO1)C(=O)C2. The highest BCUT2D eigenvalue weighted by Gasteiger charge is 2.70. The maximum atomic E-state index is 12.4. The highest BCUT2D eigenvalue weighted by molar-refractivity contribution is 7.89. The van der Waals surface area contributed by atoms with E-state index in [0.29, 0.717) is 12.8 Å². The van der Waals surface area contributed by atoms with E-state index in [2.05, 4.69) is 0 Å². The van der Waals surface area contributed by atoms with Crippen molar-refractivity contribution in [2.24, 2.45) is 16.7 Å². The number of alkyl halides is 2. The quantitative estimate of drug-likeness (QED) is 0.582. The number of nitrogens with zero attached hydrogens (tertiary/aromatic N) is 1. The summed E-state index contributed by atoms with van der Waals surface area (Å²) < 4.78 is 25.2. The van der Waals surface area contributed by atoms with Gasteiger partial charge in [0.25, 0.3) is 0 Å². The summed E-state index contributed by atoms with van der Waals surface area (Å²) in [5.74, 6) is -0.199. The lowest BCUT2D eigenvalue weighted by atomic mass is 9.70. The molecule has 0 amide bonds. The van der Waals surface area contributed by atoms with Crippen LogP contribution < -0.4 is 0 Å². The molecule has 8 heteroatoms. The fourth-order valence-electron chi connectivity index (χ4n) is 3.82. The molecule has 3 rings (SSSR count). The van der Waals surface area contributed by atoms with Crippen LogP contribution in [0.1, 0.15) is 26.2 Å². The molecule has 1 unspecified atom stereocenters. The fraction of sp³-hybridized carbons (Fsp3) is 0.909. The summed E-state index contributed by atoms with van der Waals surface area (Å²) in [6, 6.07) is 0. The van der Waals surface area contributed by atoms with Crippen LogP contribution in [0.2, 0.25) is 0 Å². The molecule has 0 radical (unpaired) electrons. The summed E-state index contributed by atoms with van der Waals surface area (Å²) >= 11 is 12.2. The second-order valence-electron chi connectivity index (χ2n) is 5.85. The summed E-state index contributed by atoms with van der Waals surface area (Å²) in [6.07, 6.45) is 1.72. The van der Waals surface area contributed by atoms with Crippen molar-refractivity contribution in [2.45, 2.75) is 31.0 Å². The lowest BCUT2D eigenvalue weighted by Gasteiger charge is -2.40. The van der Waals surface area contributed by atoms with Crippen LogP contribution in [0.25, 0.3) is 0 Å². The normalized spacial score (nSPS) is 45.2. The number of hydrogen-bond donors (Lipinski definition) is 0. The molecule has 19 heavy (non-hydrogen) atoms. The molecule has 1 saturated heterocycles. The van der Waals surface area contributed by atoms with Crippen LogP contribution in [0.4, 0.5) is 0 Å². The number of hydrogen-bond acceptors (Lipinski definition) is 4. The molecule has 2 aliphatic carbocycles. The summed E-state index contributed by atoms with van der Waals surface area (Å²) in [7, 11) is -3.58. The first-order valence-corrected chi connectivity index (χ1v) is 8.67. The predicted octanol–water partition coefficient (Wildman–Crippen LogP) is 1.70. The molecule has 1 heterocycles. The standard InChI is InChI=1S/C11H15Cl2NO4S/c1-10(9(12)13)7-2-3-11(10,8(15)4-7)5-19(16,17)14-6-18-14/h7,9H,2-6H2,1H3/t7-,10-,11+,14?/m0/s1. The summed E-state index contributed by atoms with van der Waals surface area (Å²) in [6.45, 7) is 1.91. The first-order chi connectivity index (χ1) is 8.74. The summed E-state index contributed by atoms with van der Waals surface area (Å²) in [4.78, 5) is 16.3. The number of Topliss-reactive ketones (excluding diaryl/α,β-unsaturated/α-hetero) is 1. The Kier molecular flexibility index (Phi) is 3.02. The molecular weight excluding hydrogens is 313 g/mol. The molecule has 2 saturated carbocycles. The van der Waals surface area contributed by atoms with E-state index in [-0.39, 0.29) is 24.2 Å². The molecule has 108 valence electrons. The molecule has 3 fully saturated rings. The molecule has 0 N–H and O–H groups in total. The van der Waals surface area contributed by atoms with E-state index >= 15 is 0 Å². The van der Waals surface area contributed by atoms with Crippen molar-refractivity contribution in [3.05, 3.63) is 0 Å². The molecule has 0 aromatic carbocycles. The number of fused-ring (bicyclic) bond motifs is 2. The van der Waals surface area contributed by atoms with Gasteiger partial charge in [-0.1, -0.05) is 11.4 Å². The van der Waals surface area contributed by atoms with Gasteiger partial charge in [0.1, 0.15) is 10.6 Å². The topological polar surface area (TPSA) is 66.8 Å². The second-order valence-corrected chi connectivity index (χ2v) is 8.80. The Labute approximate surface area is 122 Å². The van der Waals surface area contributed by atoms with Gasteiger partial charge < -0.3 is 0 Å². The van der Waals surface area contributed by atoms with Gasteiger partial charge in [-0.2, -0.15) is 0 Å². The number of carbonyl (C=O) groups excluding carboxylic acids is 1. The van der Waals surface area contributed by atoms with Gasteiger partial charge in [0, 0.05) is 11.8 Å². The molecule has 0 aromatic rings. The van der Waals surface area contributed by atoms with Crippen molar-refractivity contribution in [3.8, 4) is 0 Å². The minimum atomic E-state index is -3.58. The Hall–Kier alpha value is 0.120. The van der Waals surface area contributed by atoms with Crippen LogP contribution in [-0.4, -0.2) is 36.0 Å². The van der Waals surface area contributed by atoms with E-state index in [1.165, 1.54) is 0 Å². The number of ketones is 1. The van der Waals surface area contributed by atoms with E-state index in [9.17, 15) is 13.2 Å². The molecule has 0 aromatic heterocycles. The number of carbonyl (C=O) groups is 1. The van der Waals surface area contributed by atoms with Crippen LogP contribution in [0.5, 0.6) is 0 Å². The Morgan fingerprint density at radius 3 is 2.63 bits per heavy atom. The third kappa shape index (κ3) is 1.73. The number of sulfonamides is 1. The lowest BCUT2D eigenvalue weighted by molar-refractivity contribution is -0.128. The summed E-state index contributed by atoms with van der Waals surface area (Å²) in [5.41, 5.74) is -1.63. The van der Waals surface area contributed by atoms with Crippen molar-refractivity contribution in [1.29, 1.82) is 0 Å². The zero-order valence-electron chi connectivity index (χ0n) is 10.4. The Balaban J connectivity index is 2.02. The van der Waals surface area contributed by atoms with Crippen molar-refractivity contribution in [2.75, 3.05) is 12.5 Å². The van der Waals surface area contributed by atoms with Crippen LogP contribution in [0, 0.1) is 16.7 Å². The van der Waals surface area contributed by atoms with Gasteiger partial charge in [-0.25, -0.2) is 8.42 Å². The van der Waals surface area contributed by atoms with E-state index in [0.717, 1.165) is 10.9 Å². The maximum absolute atomic E-state index is 12.4. The molecule has 4 atom stereocenters. The maximum Gasteiger partial charge on any atom is 0.239 e. The van der Waals surface area contributed by atoms with Crippen molar-refractivity contribution in [3.63, 3.8) is 0 Å². The molecule has 2 bridgehead atoms. The first-order valence-electron chi connectivity index (χ1n) is 6.19. The zero-order valence-corrected chi connectivity index (χ0v) is 12.8. The van der Waals surface area contributed by atoms with Gasteiger partial charge in [0.2, 0.25) is 10.0 Å². The zero-order chi connectivity index (χ0) is 14.1. The molecule has 5 nitrogen and oxygen atoms in total. The minimum Gasteiger partial charge on any atom is -0.299 e. The number of rotatable bonds is 4. The van der Waals surface area contributed by atoms with E-state index in [1.807, 2.05) is 6.92 Å². The third-order valence-electron chi connectivity index (χ3n) is 5.19. The van der Waals surface area contributed by atoms with Gasteiger partial charge in [-0.05, 0) is 18.8 Å². The minimum absolute atomic E-state index is 0.0250. The van der Waals surface area contributed by atoms with Gasteiger partial charge in [0.15, 0.2) is 6.73 Å². The number of hydroxylamine groups is 1. The van der Waals surface area contributed by atoms with Gasteiger partial charge in [0.05, 0.1) is 11.2 Å². The van der Waals surface area contributed by atoms with Crippen LogP contribution in [-0.2, 0) is 19.7 Å². The van der Waals surface area contributed by atoms with Crippen LogP contribution in [0.3, 0.4) is 0 Å². The Morgan fingerprint density at radius 1 is 1.53 bits per heavy atom. The van der Waals surface area contributed by atoms with Crippen molar-refractivity contribution < 1.29 is 18.0 Å². The highest BCUT2D eigenvalue weighted by Crippen LogP contribution is 2.67. The first kappa shape index (κ1) is 14.1.